The van der Waals surface area contributed by atoms with Crippen molar-refractivity contribution in [2.24, 2.45) is 0 Å². The molecule has 6 heteroatoms. The van der Waals surface area contributed by atoms with Crippen molar-refractivity contribution >= 4 is 23.4 Å². The summed E-state index contributed by atoms with van der Waals surface area (Å²) in [6, 6.07) is 7.44. The fraction of sp³-hybridized carbons (Fsp3) is 0.231. The van der Waals surface area contributed by atoms with Crippen LogP contribution in [0, 0.1) is 0 Å². The van der Waals surface area contributed by atoms with Gasteiger partial charge in [-0.25, -0.2) is 18.7 Å². The van der Waals surface area contributed by atoms with Crippen molar-refractivity contribution in [3.63, 3.8) is 0 Å². The molecule has 0 saturated heterocycles. The van der Waals surface area contributed by atoms with Crippen molar-refractivity contribution in [3.05, 3.63) is 41.7 Å². The van der Waals surface area contributed by atoms with E-state index in [1.165, 1.54) is 6.20 Å². The van der Waals surface area contributed by atoms with Gasteiger partial charge >= 0.3 is 0 Å². The molecule has 0 spiro atoms. The monoisotopic (exact) mass is 300 g/mol. The Balaban J connectivity index is 2.41. The topological polar surface area (TPSA) is 25.8 Å². The zero-order chi connectivity index (χ0) is 13.8. The molecule has 1 aromatic carbocycles. The molecule has 0 aliphatic carbocycles. The van der Waals surface area contributed by atoms with Crippen LogP contribution in [0.3, 0.4) is 0 Å². The summed E-state index contributed by atoms with van der Waals surface area (Å²) in [5, 5.41) is 0. The summed E-state index contributed by atoms with van der Waals surface area (Å²) in [6.07, 6.45) is 0.676. The van der Waals surface area contributed by atoms with Crippen molar-refractivity contribution < 1.29 is 8.78 Å². The average Bonchev–Trinajstić information content (AvgIpc) is 2.46. The molecule has 0 radical (unpaired) electrons. The fourth-order valence-corrected chi connectivity index (χ4v) is 2.21. The van der Waals surface area contributed by atoms with E-state index in [-0.39, 0.29) is 23.0 Å². The normalized spacial score (nSPS) is 11.0. The third-order valence-corrected chi connectivity index (χ3v) is 3.63. The fourth-order valence-electron chi connectivity index (χ4n) is 1.59. The van der Waals surface area contributed by atoms with Crippen LogP contribution in [0.4, 0.5) is 8.78 Å². The summed E-state index contributed by atoms with van der Waals surface area (Å²) in [4.78, 5) is 9.09. The third-order valence-electron chi connectivity index (χ3n) is 2.60. The minimum atomic E-state index is -2.65. The second-order valence-corrected chi connectivity index (χ2v) is 4.91. The van der Waals surface area contributed by atoms with Gasteiger partial charge in [-0.2, -0.15) is 0 Å². The Kier molecular flexibility index (Phi) is 4.71. The number of halogens is 3. The summed E-state index contributed by atoms with van der Waals surface area (Å²) in [7, 11) is 0. The highest BCUT2D eigenvalue weighted by atomic mass is 35.5. The van der Waals surface area contributed by atoms with E-state index in [1.807, 2.05) is 30.5 Å². The lowest BCUT2D eigenvalue weighted by Crippen LogP contribution is -2.01. The van der Waals surface area contributed by atoms with E-state index in [9.17, 15) is 8.78 Å². The maximum absolute atomic E-state index is 12.9. The lowest BCUT2D eigenvalue weighted by molar-refractivity contribution is 0.145. The summed E-state index contributed by atoms with van der Waals surface area (Å²) in [5.41, 5.74) is 0.677. The van der Waals surface area contributed by atoms with Crippen LogP contribution in [0.5, 0.6) is 0 Å². The van der Waals surface area contributed by atoms with Gasteiger partial charge in [-0.15, -0.1) is 23.4 Å². The Morgan fingerprint density at radius 3 is 2.47 bits per heavy atom. The first-order valence-corrected chi connectivity index (χ1v) is 7.26. The van der Waals surface area contributed by atoms with Crippen LogP contribution in [-0.2, 0) is 5.88 Å². The minimum absolute atomic E-state index is 0.0225. The Morgan fingerprint density at radius 1 is 1.26 bits per heavy atom. The number of rotatable bonds is 4. The van der Waals surface area contributed by atoms with Gasteiger partial charge in [0.15, 0.2) is 5.82 Å². The molecule has 0 saturated carbocycles. The van der Waals surface area contributed by atoms with Gasteiger partial charge in [0.2, 0.25) is 0 Å². The molecule has 0 N–H and O–H groups in total. The summed E-state index contributed by atoms with van der Waals surface area (Å²) >= 11 is 7.21. The maximum atomic E-state index is 12.9. The first-order valence-electron chi connectivity index (χ1n) is 5.50. The molecule has 0 fully saturated rings. The second kappa shape index (κ2) is 6.30. The number of benzene rings is 1. The quantitative estimate of drug-likeness (QED) is 0.612. The van der Waals surface area contributed by atoms with Crippen molar-refractivity contribution in [1.29, 1.82) is 0 Å². The molecule has 100 valence electrons. The zero-order valence-electron chi connectivity index (χ0n) is 10.1. The number of hydrogen-bond donors (Lipinski definition) is 0. The lowest BCUT2D eigenvalue weighted by Gasteiger charge is -2.07. The van der Waals surface area contributed by atoms with Crippen LogP contribution < -0.4 is 0 Å². The smallest absolute Gasteiger partial charge is 0.236 e. The van der Waals surface area contributed by atoms with E-state index < -0.39 is 6.43 Å². The van der Waals surface area contributed by atoms with E-state index in [0.29, 0.717) is 5.56 Å². The van der Waals surface area contributed by atoms with E-state index in [4.69, 9.17) is 11.6 Å². The number of alkyl halides is 3. The van der Waals surface area contributed by atoms with Gasteiger partial charge in [-0.3, -0.25) is 0 Å². The first-order chi connectivity index (χ1) is 9.15. The SMILES string of the molecule is CSc1ccc(-c2ncc(CCl)c(C(F)F)n2)cc1. The van der Waals surface area contributed by atoms with E-state index in [2.05, 4.69) is 9.97 Å². The zero-order valence-corrected chi connectivity index (χ0v) is 11.7. The minimum Gasteiger partial charge on any atom is -0.236 e. The van der Waals surface area contributed by atoms with Gasteiger partial charge in [-0.05, 0) is 18.4 Å². The molecular weight excluding hydrogens is 290 g/mol. The largest absolute Gasteiger partial charge is 0.280 e. The second-order valence-electron chi connectivity index (χ2n) is 3.77. The molecule has 0 atom stereocenters. The van der Waals surface area contributed by atoms with E-state index in [1.54, 1.807) is 11.8 Å². The van der Waals surface area contributed by atoms with E-state index in [0.717, 1.165) is 4.90 Å². The molecule has 0 bridgehead atoms. The predicted molar refractivity (Wildman–Crippen MR) is 73.8 cm³/mol. The molecule has 2 rings (SSSR count). The number of thioether (sulfide) groups is 1. The van der Waals surface area contributed by atoms with Crippen LogP contribution in [0.25, 0.3) is 11.4 Å². The molecule has 0 aliphatic rings. The highest BCUT2D eigenvalue weighted by Crippen LogP contribution is 2.25. The highest BCUT2D eigenvalue weighted by molar-refractivity contribution is 7.98. The first kappa shape index (κ1) is 14.2. The Morgan fingerprint density at radius 2 is 1.95 bits per heavy atom. The Bertz CT molecular complexity index is 561. The van der Waals surface area contributed by atoms with Crippen molar-refractivity contribution in [3.8, 4) is 11.4 Å². The van der Waals surface area contributed by atoms with Crippen molar-refractivity contribution in [2.75, 3.05) is 6.26 Å². The molecule has 2 nitrogen and oxygen atoms in total. The van der Waals surface area contributed by atoms with Gasteiger partial charge in [0.25, 0.3) is 6.43 Å². The van der Waals surface area contributed by atoms with Gasteiger partial charge in [-0.1, -0.05) is 12.1 Å². The molecule has 1 heterocycles. The standard InChI is InChI=1S/C13H11ClF2N2S/c1-19-10-4-2-8(3-5-10)13-17-7-9(6-14)11(18-13)12(15)16/h2-5,7,12H,6H2,1H3. The van der Waals surface area contributed by atoms with Gasteiger partial charge in [0.1, 0.15) is 5.69 Å². The molecule has 0 amide bonds. The van der Waals surface area contributed by atoms with E-state index >= 15 is 0 Å². The summed E-state index contributed by atoms with van der Waals surface area (Å²) < 4.78 is 25.8. The van der Waals surface area contributed by atoms with Crippen LogP contribution in [-0.4, -0.2) is 16.2 Å². The summed E-state index contributed by atoms with van der Waals surface area (Å²) in [5.74, 6) is 0.266. The molecular formula is C13H11ClF2N2S. The number of nitrogens with zero attached hydrogens (tertiary/aromatic N) is 2. The van der Waals surface area contributed by atoms with Gasteiger partial charge < -0.3 is 0 Å². The van der Waals surface area contributed by atoms with Gasteiger partial charge in [0.05, 0.1) is 5.88 Å². The maximum Gasteiger partial charge on any atom is 0.280 e. The lowest BCUT2D eigenvalue weighted by atomic mass is 10.2. The number of hydrogen-bond acceptors (Lipinski definition) is 3. The van der Waals surface area contributed by atoms with Crippen LogP contribution >= 0.6 is 23.4 Å². The van der Waals surface area contributed by atoms with Crippen molar-refractivity contribution in [1.82, 2.24) is 9.97 Å². The molecule has 19 heavy (non-hydrogen) atoms. The van der Waals surface area contributed by atoms with Crippen LogP contribution in [0.15, 0.2) is 35.4 Å². The van der Waals surface area contributed by atoms with Gasteiger partial charge in [0, 0.05) is 22.2 Å². The highest BCUT2D eigenvalue weighted by Gasteiger charge is 2.16. The molecule has 2 aromatic rings. The van der Waals surface area contributed by atoms with Crippen LogP contribution in [0.1, 0.15) is 17.7 Å². The Hall–Kier alpha value is -1.20. The predicted octanol–water partition coefficient (Wildman–Crippen LogP) is 4.54. The molecule has 1 aromatic heterocycles. The average molecular weight is 301 g/mol. The van der Waals surface area contributed by atoms with Crippen LogP contribution in [0.2, 0.25) is 0 Å². The third kappa shape index (κ3) is 3.22. The summed E-state index contributed by atoms with van der Waals surface area (Å²) in [6.45, 7) is 0. The van der Waals surface area contributed by atoms with Crippen molar-refractivity contribution in [2.45, 2.75) is 17.2 Å². The molecule has 0 unspecified atom stereocenters. The Labute approximate surface area is 119 Å². The number of aromatic nitrogens is 2. The molecule has 0 aliphatic heterocycles.